The molecule has 0 bridgehead atoms. The molecule has 1 fully saturated rings. The van der Waals surface area contributed by atoms with Crippen LogP contribution in [0.5, 0.6) is 0 Å². The number of likely N-dealkylation sites (tertiary alicyclic amines) is 1. The lowest BCUT2D eigenvalue weighted by molar-refractivity contribution is -0.137. The Balaban J connectivity index is 1.69. The summed E-state index contributed by atoms with van der Waals surface area (Å²) < 4.78 is 7.23. The third-order valence-electron chi connectivity index (χ3n) is 5.14. The molecular formula is C20H21N3O4S. The zero-order valence-corrected chi connectivity index (χ0v) is 16.5. The van der Waals surface area contributed by atoms with Crippen molar-refractivity contribution >= 4 is 33.4 Å². The van der Waals surface area contributed by atoms with Gasteiger partial charge in [0.2, 0.25) is 0 Å². The van der Waals surface area contributed by atoms with Gasteiger partial charge in [0.1, 0.15) is 4.83 Å². The van der Waals surface area contributed by atoms with Crippen LogP contribution in [-0.4, -0.2) is 57.5 Å². The number of para-hydroxylation sites is 1. The molecule has 4 rings (SSSR count). The number of carbonyl (C=O) groups excluding carboxylic acids is 1. The molecule has 1 amide bonds. The Morgan fingerprint density at radius 3 is 2.75 bits per heavy atom. The highest BCUT2D eigenvalue weighted by atomic mass is 32.1. The molecule has 28 heavy (non-hydrogen) atoms. The molecule has 0 spiro atoms. The van der Waals surface area contributed by atoms with Gasteiger partial charge in [0.05, 0.1) is 28.8 Å². The van der Waals surface area contributed by atoms with E-state index in [1.165, 1.54) is 11.3 Å². The van der Waals surface area contributed by atoms with Crippen LogP contribution < -0.4 is 0 Å². The van der Waals surface area contributed by atoms with Gasteiger partial charge in [-0.25, -0.2) is 4.68 Å². The number of hydrogen-bond donors (Lipinski definition) is 1. The molecule has 146 valence electrons. The minimum absolute atomic E-state index is 0.0761. The van der Waals surface area contributed by atoms with Crippen LogP contribution in [0.25, 0.3) is 15.9 Å². The monoisotopic (exact) mass is 399 g/mol. The van der Waals surface area contributed by atoms with Crippen LogP contribution >= 0.6 is 11.3 Å². The molecule has 1 aliphatic heterocycles. The van der Waals surface area contributed by atoms with E-state index in [4.69, 9.17) is 4.74 Å². The van der Waals surface area contributed by atoms with Gasteiger partial charge in [-0.15, -0.1) is 11.3 Å². The maximum absolute atomic E-state index is 13.2. The van der Waals surface area contributed by atoms with E-state index < -0.39 is 5.97 Å². The van der Waals surface area contributed by atoms with E-state index in [9.17, 15) is 14.7 Å². The molecule has 0 aliphatic carbocycles. The summed E-state index contributed by atoms with van der Waals surface area (Å²) in [6.07, 6.45) is 0.327. The van der Waals surface area contributed by atoms with Crippen LogP contribution in [0.1, 0.15) is 28.2 Å². The molecular weight excluding hydrogens is 378 g/mol. The number of fused-ring (bicyclic) bond motifs is 1. The van der Waals surface area contributed by atoms with E-state index in [0.717, 1.165) is 21.6 Å². The summed E-state index contributed by atoms with van der Waals surface area (Å²) in [5.41, 5.74) is 1.79. The first-order chi connectivity index (χ1) is 13.5. The molecule has 0 saturated carbocycles. The van der Waals surface area contributed by atoms with Gasteiger partial charge >= 0.3 is 5.97 Å². The van der Waals surface area contributed by atoms with Crippen molar-refractivity contribution in [3.63, 3.8) is 0 Å². The van der Waals surface area contributed by atoms with E-state index in [-0.39, 0.29) is 24.5 Å². The smallest absolute Gasteiger partial charge is 0.305 e. The van der Waals surface area contributed by atoms with Gasteiger partial charge in [-0.2, -0.15) is 5.10 Å². The van der Waals surface area contributed by atoms with Crippen molar-refractivity contribution in [1.82, 2.24) is 14.7 Å². The van der Waals surface area contributed by atoms with Crippen LogP contribution in [0.2, 0.25) is 0 Å². The van der Waals surface area contributed by atoms with E-state index >= 15 is 0 Å². The number of rotatable bonds is 5. The summed E-state index contributed by atoms with van der Waals surface area (Å²) >= 11 is 1.39. The maximum atomic E-state index is 13.2. The van der Waals surface area contributed by atoms with Crippen LogP contribution in [0.4, 0.5) is 0 Å². The molecule has 1 aromatic carbocycles. The van der Waals surface area contributed by atoms with E-state index in [2.05, 4.69) is 5.10 Å². The number of aryl methyl sites for hydroxylation is 1. The molecule has 2 aromatic heterocycles. The van der Waals surface area contributed by atoms with Crippen LogP contribution in [-0.2, 0) is 9.53 Å². The quantitative estimate of drug-likeness (QED) is 0.713. The minimum atomic E-state index is -0.911. The van der Waals surface area contributed by atoms with Crippen molar-refractivity contribution in [3.8, 4) is 5.69 Å². The highest BCUT2D eigenvalue weighted by Gasteiger charge is 2.37. The highest BCUT2D eigenvalue weighted by molar-refractivity contribution is 7.20. The summed E-state index contributed by atoms with van der Waals surface area (Å²) in [6, 6.07) is 11.3. The number of aliphatic carboxylic acids is 1. The number of carboxylic acids is 1. The normalized spacial score (nSPS) is 19.4. The first-order valence-electron chi connectivity index (χ1n) is 9.08. The molecule has 1 N–H and O–H groups in total. The number of ether oxygens (including phenoxy) is 1. The molecule has 1 aliphatic rings. The molecule has 3 heterocycles. The summed E-state index contributed by atoms with van der Waals surface area (Å²) in [5, 5.41) is 14.7. The SMILES string of the molecule is COC1CC(CC(=O)O)N(C(=O)c2cc3c(C)nn(-c4ccccc4)c3s2)C1. The lowest BCUT2D eigenvalue weighted by atomic mass is 10.1. The Morgan fingerprint density at radius 1 is 1.32 bits per heavy atom. The van der Waals surface area contributed by atoms with Crippen molar-refractivity contribution in [1.29, 1.82) is 0 Å². The first kappa shape index (κ1) is 18.6. The summed E-state index contributed by atoms with van der Waals surface area (Å²) in [7, 11) is 1.59. The van der Waals surface area contributed by atoms with Gasteiger partial charge in [0, 0.05) is 25.1 Å². The second-order valence-electron chi connectivity index (χ2n) is 6.96. The third kappa shape index (κ3) is 3.29. The first-order valence-corrected chi connectivity index (χ1v) is 9.89. The second-order valence-corrected chi connectivity index (χ2v) is 8.00. The number of thiophene rings is 1. The number of carbonyl (C=O) groups is 2. The Hall–Kier alpha value is -2.71. The molecule has 0 radical (unpaired) electrons. The van der Waals surface area contributed by atoms with Gasteiger partial charge in [-0.3, -0.25) is 9.59 Å². The number of hydrogen-bond acceptors (Lipinski definition) is 5. The zero-order valence-electron chi connectivity index (χ0n) is 15.7. The third-order valence-corrected chi connectivity index (χ3v) is 6.24. The van der Waals surface area contributed by atoms with E-state index in [0.29, 0.717) is 17.8 Å². The van der Waals surface area contributed by atoms with E-state index in [1.54, 1.807) is 12.0 Å². The lowest BCUT2D eigenvalue weighted by Crippen LogP contribution is -2.36. The predicted octanol–water partition coefficient (Wildman–Crippen LogP) is 3.10. The number of nitrogens with zero attached hydrogens (tertiary/aromatic N) is 3. The number of benzene rings is 1. The molecule has 1 saturated heterocycles. The van der Waals surface area contributed by atoms with Gasteiger partial charge in [-0.1, -0.05) is 18.2 Å². The highest BCUT2D eigenvalue weighted by Crippen LogP contribution is 2.33. The Morgan fingerprint density at radius 2 is 2.07 bits per heavy atom. The Kier molecular flexibility index (Phi) is 4.91. The standard InChI is InChI=1S/C20H21N3O4S/c1-12-16-10-17(28-20(16)23(21-12)13-6-4-3-5-7-13)19(26)22-11-15(27-2)8-14(22)9-18(24)25/h3-7,10,14-15H,8-9,11H2,1-2H3,(H,24,25). The molecule has 2 atom stereocenters. The van der Waals surface area contributed by atoms with Crippen LogP contribution in [0.15, 0.2) is 36.4 Å². The number of amides is 1. The van der Waals surface area contributed by atoms with Crippen molar-refractivity contribution in [3.05, 3.63) is 47.0 Å². The second kappa shape index (κ2) is 7.37. The summed E-state index contributed by atoms with van der Waals surface area (Å²) in [5.74, 6) is -1.06. The van der Waals surface area contributed by atoms with Gasteiger partial charge in [0.25, 0.3) is 5.91 Å². The topological polar surface area (TPSA) is 84.7 Å². The minimum Gasteiger partial charge on any atom is -0.481 e. The van der Waals surface area contributed by atoms with Crippen LogP contribution in [0.3, 0.4) is 0 Å². The fraction of sp³-hybridized carbons (Fsp3) is 0.350. The van der Waals surface area contributed by atoms with Crippen molar-refractivity contribution in [2.24, 2.45) is 0 Å². The zero-order chi connectivity index (χ0) is 19.8. The Bertz CT molecular complexity index is 1030. The molecule has 3 aromatic rings. The van der Waals surface area contributed by atoms with Crippen LogP contribution in [0, 0.1) is 6.92 Å². The summed E-state index contributed by atoms with van der Waals surface area (Å²) in [4.78, 5) is 27.5. The van der Waals surface area contributed by atoms with E-state index in [1.807, 2.05) is 48.0 Å². The lowest BCUT2D eigenvalue weighted by Gasteiger charge is -2.22. The average Bonchev–Trinajstić information content (AvgIpc) is 3.36. The molecule has 8 heteroatoms. The fourth-order valence-electron chi connectivity index (χ4n) is 3.73. The predicted molar refractivity (Wildman–Crippen MR) is 106 cm³/mol. The number of aromatic nitrogens is 2. The Labute approximate surface area is 166 Å². The maximum Gasteiger partial charge on any atom is 0.305 e. The van der Waals surface area contributed by atoms with Gasteiger partial charge in [0.15, 0.2) is 0 Å². The van der Waals surface area contributed by atoms with Gasteiger partial charge in [-0.05, 0) is 31.5 Å². The number of methoxy groups -OCH3 is 1. The van der Waals surface area contributed by atoms with Crippen molar-refractivity contribution in [2.45, 2.75) is 31.9 Å². The summed E-state index contributed by atoms with van der Waals surface area (Å²) in [6.45, 7) is 2.33. The molecule has 2 unspecified atom stereocenters. The largest absolute Gasteiger partial charge is 0.481 e. The average molecular weight is 399 g/mol. The van der Waals surface area contributed by atoms with Gasteiger partial charge < -0.3 is 14.7 Å². The van der Waals surface area contributed by atoms with Crippen molar-refractivity contribution in [2.75, 3.05) is 13.7 Å². The number of carboxylic acid groups (broad SMARTS) is 1. The molecule has 7 nitrogen and oxygen atoms in total. The fourth-order valence-corrected chi connectivity index (χ4v) is 4.87. The van der Waals surface area contributed by atoms with Crippen molar-refractivity contribution < 1.29 is 19.4 Å².